The maximum atomic E-state index is 12.5. The molecule has 0 aromatic heterocycles. The second-order valence-corrected chi connectivity index (χ2v) is 5.82. The fourth-order valence-electron chi connectivity index (χ4n) is 2.99. The summed E-state index contributed by atoms with van der Waals surface area (Å²) in [5.41, 5.74) is 0. The van der Waals surface area contributed by atoms with Gasteiger partial charge in [-0.2, -0.15) is 0 Å². The maximum absolute atomic E-state index is 12.5. The van der Waals surface area contributed by atoms with Crippen molar-refractivity contribution < 1.29 is 9.59 Å². The van der Waals surface area contributed by atoms with Crippen LogP contribution in [0.4, 0.5) is 4.79 Å². The molecule has 5 heteroatoms. The largest absolute Gasteiger partial charge is 0.341 e. The Morgan fingerprint density at radius 3 is 2.21 bits per heavy atom. The summed E-state index contributed by atoms with van der Waals surface area (Å²) < 4.78 is 0. The number of piperidine rings is 1. The van der Waals surface area contributed by atoms with Gasteiger partial charge in [-0.1, -0.05) is 6.92 Å². The number of rotatable bonds is 0. The number of carbonyl (C=O) groups is 2. The average molecular weight is 267 g/mol. The van der Waals surface area contributed by atoms with Gasteiger partial charge < -0.3 is 14.7 Å². The Kier molecular flexibility index (Phi) is 4.66. The number of urea groups is 1. The van der Waals surface area contributed by atoms with Gasteiger partial charge in [-0.05, 0) is 25.2 Å². The molecule has 2 saturated heterocycles. The summed E-state index contributed by atoms with van der Waals surface area (Å²) in [4.78, 5) is 29.6. The number of amides is 3. The van der Waals surface area contributed by atoms with Gasteiger partial charge in [0, 0.05) is 46.2 Å². The SMILES string of the molecule is CC(=O)N1CCCN(C(=O)N2CCCC(C)C2)CC1. The van der Waals surface area contributed by atoms with Crippen LogP contribution in [0, 0.1) is 5.92 Å². The van der Waals surface area contributed by atoms with Crippen LogP contribution in [0.15, 0.2) is 0 Å². The minimum atomic E-state index is 0.112. The summed E-state index contributed by atoms with van der Waals surface area (Å²) in [6, 6.07) is 0.164. The molecular weight excluding hydrogens is 242 g/mol. The van der Waals surface area contributed by atoms with Gasteiger partial charge in [0.15, 0.2) is 0 Å². The number of nitrogens with zero attached hydrogens (tertiary/aromatic N) is 3. The van der Waals surface area contributed by atoms with Crippen molar-refractivity contribution in [2.24, 2.45) is 5.92 Å². The molecule has 2 aliphatic rings. The first kappa shape index (κ1) is 14.2. The molecule has 2 aliphatic heterocycles. The lowest BCUT2D eigenvalue weighted by Gasteiger charge is -2.35. The molecule has 0 aromatic rings. The lowest BCUT2D eigenvalue weighted by molar-refractivity contribution is -0.128. The normalized spacial score (nSPS) is 25.2. The summed E-state index contributed by atoms with van der Waals surface area (Å²) in [6.07, 6.45) is 3.22. The van der Waals surface area contributed by atoms with E-state index < -0.39 is 0 Å². The van der Waals surface area contributed by atoms with Crippen LogP contribution in [0.2, 0.25) is 0 Å². The first-order valence-corrected chi connectivity index (χ1v) is 7.37. The topological polar surface area (TPSA) is 43.9 Å². The second-order valence-electron chi connectivity index (χ2n) is 5.82. The number of hydrogen-bond acceptors (Lipinski definition) is 2. The Balaban J connectivity index is 1.90. The highest BCUT2D eigenvalue weighted by Crippen LogP contribution is 2.17. The van der Waals surface area contributed by atoms with E-state index in [1.165, 1.54) is 6.42 Å². The van der Waals surface area contributed by atoms with E-state index in [9.17, 15) is 9.59 Å². The van der Waals surface area contributed by atoms with E-state index in [0.29, 0.717) is 19.0 Å². The van der Waals surface area contributed by atoms with Gasteiger partial charge in [0.05, 0.1) is 0 Å². The Labute approximate surface area is 115 Å². The van der Waals surface area contributed by atoms with E-state index in [4.69, 9.17) is 0 Å². The van der Waals surface area contributed by atoms with Crippen LogP contribution >= 0.6 is 0 Å². The predicted molar refractivity (Wildman–Crippen MR) is 73.8 cm³/mol. The Hall–Kier alpha value is -1.26. The minimum Gasteiger partial charge on any atom is -0.341 e. The highest BCUT2D eigenvalue weighted by atomic mass is 16.2. The zero-order valence-electron chi connectivity index (χ0n) is 12.1. The van der Waals surface area contributed by atoms with Gasteiger partial charge >= 0.3 is 6.03 Å². The van der Waals surface area contributed by atoms with Crippen molar-refractivity contribution in [2.45, 2.75) is 33.1 Å². The van der Waals surface area contributed by atoms with E-state index in [1.807, 2.05) is 14.7 Å². The van der Waals surface area contributed by atoms with Crippen molar-refractivity contribution in [3.8, 4) is 0 Å². The van der Waals surface area contributed by atoms with E-state index >= 15 is 0 Å². The average Bonchev–Trinajstić information content (AvgIpc) is 2.63. The summed E-state index contributed by atoms with van der Waals surface area (Å²) in [6.45, 7) is 8.46. The first-order chi connectivity index (χ1) is 9.08. The van der Waals surface area contributed by atoms with Crippen LogP contribution < -0.4 is 0 Å². The highest BCUT2D eigenvalue weighted by molar-refractivity contribution is 5.75. The quantitative estimate of drug-likeness (QED) is 0.666. The molecular formula is C14H25N3O2. The Morgan fingerprint density at radius 1 is 0.895 bits per heavy atom. The second kappa shape index (κ2) is 6.26. The van der Waals surface area contributed by atoms with E-state index in [1.54, 1.807) is 6.92 Å². The fraction of sp³-hybridized carbons (Fsp3) is 0.857. The molecule has 2 fully saturated rings. The van der Waals surface area contributed by atoms with Crippen molar-refractivity contribution >= 4 is 11.9 Å². The van der Waals surface area contributed by atoms with Gasteiger partial charge in [-0.3, -0.25) is 4.79 Å². The Bertz CT molecular complexity index is 346. The smallest absolute Gasteiger partial charge is 0.320 e. The zero-order valence-corrected chi connectivity index (χ0v) is 12.1. The highest BCUT2D eigenvalue weighted by Gasteiger charge is 2.27. The first-order valence-electron chi connectivity index (χ1n) is 7.37. The summed E-state index contributed by atoms with van der Waals surface area (Å²) in [5.74, 6) is 0.722. The third-order valence-electron chi connectivity index (χ3n) is 4.14. The summed E-state index contributed by atoms with van der Waals surface area (Å²) >= 11 is 0. The maximum Gasteiger partial charge on any atom is 0.320 e. The molecule has 0 aliphatic carbocycles. The summed E-state index contributed by atoms with van der Waals surface area (Å²) in [5, 5.41) is 0. The van der Waals surface area contributed by atoms with Crippen molar-refractivity contribution in [3.63, 3.8) is 0 Å². The van der Waals surface area contributed by atoms with E-state index in [2.05, 4.69) is 6.92 Å². The standard InChI is InChI=1S/C14H25N3O2/c1-12-5-3-6-17(11-12)14(19)16-8-4-7-15(9-10-16)13(2)18/h12H,3-11H2,1-2H3. The third kappa shape index (κ3) is 3.61. The van der Waals surface area contributed by atoms with Gasteiger partial charge in [0.1, 0.15) is 0 Å². The van der Waals surface area contributed by atoms with Crippen molar-refractivity contribution in [1.82, 2.24) is 14.7 Å². The number of carbonyl (C=O) groups excluding carboxylic acids is 2. The molecule has 0 N–H and O–H groups in total. The van der Waals surface area contributed by atoms with Crippen LogP contribution in [-0.4, -0.2) is 65.9 Å². The Morgan fingerprint density at radius 2 is 1.53 bits per heavy atom. The van der Waals surface area contributed by atoms with Crippen molar-refractivity contribution in [2.75, 3.05) is 39.3 Å². The van der Waals surface area contributed by atoms with Crippen molar-refractivity contribution in [1.29, 1.82) is 0 Å². The van der Waals surface area contributed by atoms with Crippen LogP contribution in [0.3, 0.4) is 0 Å². The molecule has 2 rings (SSSR count). The van der Waals surface area contributed by atoms with Gasteiger partial charge in [-0.25, -0.2) is 4.79 Å². The van der Waals surface area contributed by atoms with Crippen molar-refractivity contribution in [3.05, 3.63) is 0 Å². The molecule has 0 bridgehead atoms. The predicted octanol–water partition coefficient (Wildman–Crippen LogP) is 1.39. The molecule has 1 unspecified atom stereocenters. The van der Waals surface area contributed by atoms with E-state index in [-0.39, 0.29) is 11.9 Å². The number of likely N-dealkylation sites (tertiary alicyclic amines) is 1. The summed E-state index contributed by atoms with van der Waals surface area (Å²) in [7, 11) is 0. The van der Waals surface area contributed by atoms with E-state index in [0.717, 1.165) is 39.0 Å². The number of hydrogen-bond donors (Lipinski definition) is 0. The molecule has 108 valence electrons. The van der Waals surface area contributed by atoms with Gasteiger partial charge in [-0.15, -0.1) is 0 Å². The van der Waals surface area contributed by atoms with Crippen LogP contribution in [0.1, 0.15) is 33.1 Å². The lowest BCUT2D eigenvalue weighted by atomic mass is 10.0. The van der Waals surface area contributed by atoms with Crippen LogP contribution in [-0.2, 0) is 4.79 Å². The minimum absolute atomic E-state index is 0.112. The van der Waals surface area contributed by atoms with Gasteiger partial charge in [0.25, 0.3) is 0 Å². The molecule has 19 heavy (non-hydrogen) atoms. The molecule has 0 aromatic carbocycles. The van der Waals surface area contributed by atoms with Gasteiger partial charge in [0.2, 0.25) is 5.91 Å². The van der Waals surface area contributed by atoms with Crippen LogP contribution in [0.5, 0.6) is 0 Å². The molecule has 3 amide bonds. The molecule has 0 radical (unpaired) electrons. The molecule has 1 atom stereocenters. The third-order valence-corrected chi connectivity index (χ3v) is 4.14. The molecule has 2 heterocycles. The monoisotopic (exact) mass is 267 g/mol. The molecule has 0 saturated carbocycles. The zero-order chi connectivity index (χ0) is 13.8. The fourth-order valence-corrected chi connectivity index (χ4v) is 2.99. The molecule has 5 nitrogen and oxygen atoms in total. The lowest BCUT2D eigenvalue weighted by Crippen LogP contribution is -2.48. The molecule has 0 spiro atoms. The van der Waals surface area contributed by atoms with Crippen LogP contribution in [0.25, 0.3) is 0 Å².